The van der Waals surface area contributed by atoms with Crippen LogP contribution in [0.2, 0.25) is 5.02 Å². The first-order chi connectivity index (χ1) is 15.0. The van der Waals surface area contributed by atoms with E-state index in [1.807, 2.05) is 47.4 Å². The summed E-state index contributed by atoms with van der Waals surface area (Å²) in [5.41, 5.74) is 2.04. The third-order valence-corrected chi connectivity index (χ3v) is 6.44. The Labute approximate surface area is 189 Å². The van der Waals surface area contributed by atoms with Crippen LogP contribution in [0.4, 0.5) is 0 Å². The van der Waals surface area contributed by atoms with Crippen LogP contribution in [-0.2, 0) is 16.1 Å². The van der Waals surface area contributed by atoms with Crippen molar-refractivity contribution in [2.45, 2.75) is 45.2 Å². The van der Waals surface area contributed by atoms with E-state index in [0.29, 0.717) is 18.2 Å². The van der Waals surface area contributed by atoms with E-state index in [1.54, 1.807) is 6.08 Å². The van der Waals surface area contributed by atoms with E-state index in [9.17, 15) is 4.79 Å². The molecule has 4 rings (SSSR count). The molecule has 0 N–H and O–H groups in total. The summed E-state index contributed by atoms with van der Waals surface area (Å²) in [4.78, 5) is 15.2. The Morgan fingerprint density at radius 3 is 2.68 bits per heavy atom. The topological polar surface area (TPSA) is 38.8 Å². The van der Waals surface area contributed by atoms with Gasteiger partial charge in [-0.2, -0.15) is 0 Å². The van der Waals surface area contributed by atoms with Gasteiger partial charge in [0.05, 0.1) is 19.8 Å². The van der Waals surface area contributed by atoms with Gasteiger partial charge in [0.1, 0.15) is 5.75 Å². The molecule has 0 radical (unpaired) electrons. The number of halogens is 1. The van der Waals surface area contributed by atoms with Crippen molar-refractivity contribution >= 4 is 23.6 Å². The number of benzene rings is 2. The predicted molar refractivity (Wildman–Crippen MR) is 124 cm³/mol. The van der Waals surface area contributed by atoms with Crippen molar-refractivity contribution in [3.8, 4) is 5.75 Å². The molecule has 0 bridgehead atoms. The molecule has 0 aromatic heterocycles. The Hall–Kier alpha value is -2.30. The van der Waals surface area contributed by atoms with Gasteiger partial charge < -0.3 is 14.4 Å². The quantitative estimate of drug-likeness (QED) is 0.492. The van der Waals surface area contributed by atoms with Crippen molar-refractivity contribution in [1.82, 2.24) is 4.90 Å². The summed E-state index contributed by atoms with van der Waals surface area (Å²) in [7, 11) is 0. The van der Waals surface area contributed by atoms with Crippen LogP contribution in [-0.4, -0.2) is 36.7 Å². The minimum absolute atomic E-state index is 0.0252. The molecule has 2 aromatic rings. The van der Waals surface area contributed by atoms with Gasteiger partial charge in [-0.1, -0.05) is 61.7 Å². The van der Waals surface area contributed by atoms with Crippen LogP contribution >= 0.6 is 11.6 Å². The van der Waals surface area contributed by atoms with Crippen LogP contribution in [0.5, 0.6) is 5.75 Å². The molecule has 2 fully saturated rings. The summed E-state index contributed by atoms with van der Waals surface area (Å²) < 4.78 is 11.3. The molecular weight excluding hydrogens is 410 g/mol. The second-order valence-corrected chi connectivity index (χ2v) is 9.41. The van der Waals surface area contributed by atoms with Crippen LogP contribution in [0, 0.1) is 5.41 Å². The predicted octanol–water partition coefficient (Wildman–Crippen LogP) is 5.74. The van der Waals surface area contributed by atoms with Crippen LogP contribution in [0.3, 0.4) is 0 Å². The molecule has 1 saturated heterocycles. The van der Waals surface area contributed by atoms with Gasteiger partial charge >= 0.3 is 0 Å². The molecule has 1 heterocycles. The molecule has 2 aromatic carbocycles. The molecule has 0 spiro atoms. The van der Waals surface area contributed by atoms with Gasteiger partial charge in [0.15, 0.2) is 0 Å². The molecule has 0 unspecified atom stereocenters. The van der Waals surface area contributed by atoms with Crippen molar-refractivity contribution in [1.29, 1.82) is 0 Å². The molecule has 1 aliphatic heterocycles. The number of carbonyl (C=O) groups is 1. The minimum atomic E-state index is 0.0252. The number of hydrogen-bond acceptors (Lipinski definition) is 3. The number of amides is 1. The molecule has 31 heavy (non-hydrogen) atoms. The van der Waals surface area contributed by atoms with Gasteiger partial charge in [0, 0.05) is 29.1 Å². The van der Waals surface area contributed by atoms with Crippen LogP contribution in [0.1, 0.15) is 43.7 Å². The summed E-state index contributed by atoms with van der Waals surface area (Å²) in [5.74, 6) is 0.869. The molecule has 0 atom stereocenters. The molecule has 1 saturated carbocycles. The summed E-state index contributed by atoms with van der Waals surface area (Å²) >= 11 is 6.24. The highest BCUT2D eigenvalue weighted by atomic mass is 35.5. The Morgan fingerprint density at radius 2 is 1.97 bits per heavy atom. The van der Waals surface area contributed by atoms with Crippen molar-refractivity contribution in [3.05, 3.63) is 70.8 Å². The molecular formula is C26H30ClNO3. The molecule has 1 aliphatic carbocycles. The van der Waals surface area contributed by atoms with Gasteiger partial charge in [0.25, 0.3) is 0 Å². The maximum atomic E-state index is 13.2. The van der Waals surface area contributed by atoms with Crippen molar-refractivity contribution < 1.29 is 14.3 Å². The highest BCUT2D eigenvalue weighted by Gasteiger charge is 2.34. The Balaban J connectivity index is 1.46. The van der Waals surface area contributed by atoms with E-state index in [1.165, 1.54) is 12.8 Å². The molecule has 164 valence electrons. The van der Waals surface area contributed by atoms with Gasteiger partial charge in [-0.25, -0.2) is 0 Å². The Morgan fingerprint density at radius 1 is 1.19 bits per heavy atom. The Kier molecular flexibility index (Phi) is 6.99. The van der Waals surface area contributed by atoms with E-state index >= 15 is 0 Å². The van der Waals surface area contributed by atoms with Crippen LogP contribution in [0.15, 0.2) is 54.6 Å². The van der Waals surface area contributed by atoms with Crippen molar-refractivity contribution in [2.75, 3.05) is 19.8 Å². The van der Waals surface area contributed by atoms with E-state index in [2.05, 4.69) is 19.1 Å². The summed E-state index contributed by atoms with van der Waals surface area (Å²) in [6.07, 6.45) is 7.92. The third-order valence-electron chi connectivity index (χ3n) is 6.10. The number of ether oxygens (including phenoxy) is 2. The van der Waals surface area contributed by atoms with Gasteiger partial charge in [-0.05, 0) is 48.2 Å². The van der Waals surface area contributed by atoms with E-state index < -0.39 is 0 Å². The Bertz CT molecular complexity index is 932. The lowest BCUT2D eigenvalue weighted by molar-refractivity contribution is -0.128. The zero-order chi connectivity index (χ0) is 21.7. The number of hydrogen-bond donors (Lipinski definition) is 0. The highest BCUT2D eigenvalue weighted by molar-refractivity contribution is 6.32. The molecule has 5 heteroatoms. The van der Waals surface area contributed by atoms with Crippen molar-refractivity contribution in [2.24, 2.45) is 5.41 Å². The van der Waals surface area contributed by atoms with Crippen LogP contribution < -0.4 is 4.74 Å². The molecule has 1 amide bonds. The largest absolute Gasteiger partial charge is 0.493 e. The maximum absolute atomic E-state index is 13.2. The van der Waals surface area contributed by atoms with Gasteiger partial charge in [0.2, 0.25) is 5.91 Å². The van der Waals surface area contributed by atoms with E-state index in [-0.39, 0.29) is 17.4 Å². The van der Waals surface area contributed by atoms with E-state index in [4.69, 9.17) is 21.1 Å². The monoisotopic (exact) mass is 439 g/mol. The molecule has 2 aliphatic rings. The summed E-state index contributed by atoms with van der Waals surface area (Å²) in [5, 5.41) is 0.648. The normalized spacial score (nSPS) is 18.1. The fraction of sp³-hybridized carbons (Fsp3) is 0.423. The number of rotatable bonds is 8. The van der Waals surface area contributed by atoms with E-state index in [0.717, 1.165) is 42.9 Å². The smallest absolute Gasteiger partial charge is 0.247 e. The average Bonchev–Trinajstić information content (AvgIpc) is 3.29. The molecule has 4 nitrogen and oxygen atoms in total. The number of nitrogens with zero attached hydrogens (tertiary/aromatic N) is 1. The van der Waals surface area contributed by atoms with Crippen molar-refractivity contribution in [3.63, 3.8) is 0 Å². The zero-order valence-corrected chi connectivity index (χ0v) is 18.8. The SMILES string of the molecule is CC1(COc2cccc(CN(C(=O)/C=C/c3ccccc3Cl)C3CCCC3)c2)COC1. The standard InChI is InChI=1S/C26H30ClNO3/c1-26(17-30-18-26)19-31-23-11-6-7-20(15-23)16-28(22-9-3-4-10-22)25(29)14-13-21-8-2-5-12-24(21)27/h2,5-8,11-15,22H,3-4,9-10,16-19H2,1H3/b14-13+. The first-order valence-electron chi connectivity index (χ1n) is 11.1. The minimum Gasteiger partial charge on any atom is -0.493 e. The third kappa shape index (κ3) is 5.69. The first kappa shape index (κ1) is 21.9. The summed E-state index contributed by atoms with van der Waals surface area (Å²) in [6, 6.07) is 15.9. The zero-order valence-electron chi connectivity index (χ0n) is 18.1. The lowest BCUT2D eigenvalue weighted by Crippen LogP contribution is -2.44. The summed E-state index contributed by atoms with van der Waals surface area (Å²) in [6.45, 7) is 4.88. The second-order valence-electron chi connectivity index (χ2n) is 9.00. The maximum Gasteiger partial charge on any atom is 0.247 e. The lowest BCUT2D eigenvalue weighted by atomic mass is 9.90. The first-order valence-corrected chi connectivity index (χ1v) is 11.4. The second kappa shape index (κ2) is 9.88. The fourth-order valence-corrected chi connectivity index (χ4v) is 4.39. The van der Waals surface area contributed by atoms with Crippen LogP contribution in [0.25, 0.3) is 6.08 Å². The number of carbonyl (C=O) groups excluding carboxylic acids is 1. The van der Waals surface area contributed by atoms with Gasteiger partial charge in [-0.15, -0.1) is 0 Å². The lowest BCUT2D eigenvalue weighted by Gasteiger charge is -2.37. The van der Waals surface area contributed by atoms with Gasteiger partial charge in [-0.3, -0.25) is 4.79 Å². The average molecular weight is 440 g/mol. The highest BCUT2D eigenvalue weighted by Crippen LogP contribution is 2.29. The fourth-order valence-electron chi connectivity index (χ4n) is 4.19.